The number of benzene rings is 1. The Balaban J connectivity index is 1.63. The molecular formula is C16H12ClN5OS. The van der Waals surface area contributed by atoms with Gasteiger partial charge in [-0.1, -0.05) is 29.0 Å². The number of nitrogens with zero attached hydrogens (tertiary/aromatic N) is 4. The summed E-state index contributed by atoms with van der Waals surface area (Å²) in [6.45, 7) is 0.672. The molecule has 0 fully saturated rings. The monoisotopic (exact) mass is 357 g/mol. The third-order valence-electron chi connectivity index (χ3n) is 3.75. The van der Waals surface area contributed by atoms with Crippen LogP contribution in [0.4, 0.5) is 10.8 Å². The number of halogens is 1. The Morgan fingerprint density at radius 2 is 2.12 bits per heavy atom. The van der Waals surface area contributed by atoms with E-state index in [1.54, 1.807) is 25.5 Å². The first-order valence-electron chi connectivity index (χ1n) is 7.20. The molecule has 120 valence electrons. The Morgan fingerprint density at radius 3 is 2.96 bits per heavy atom. The highest BCUT2D eigenvalue weighted by molar-refractivity contribution is 7.18. The van der Waals surface area contributed by atoms with Gasteiger partial charge in [-0.15, -0.1) is 10.2 Å². The van der Waals surface area contributed by atoms with Crippen molar-refractivity contribution in [2.24, 2.45) is 12.0 Å². The van der Waals surface area contributed by atoms with Gasteiger partial charge in [-0.2, -0.15) is 0 Å². The molecule has 0 radical (unpaired) electrons. The van der Waals surface area contributed by atoms with Gasteiger partial charge >= 0.3 is 0 Å². The van der Waals surface area contributed by atoms with Crippen molar-refractivity contribution in [1.29, 1.82) is 0 Å². The van der Waals surface area contributed by atoms with Crippen molar-refractivity contribution >= 4 is 40.0 Å². The molecule has 1 aliphatic heterocycles. The van der Waals surface area contributed by atoms with E-state index in [4.69, 9.17) is 11.6 Å². The molecule has 1 aromatic carbocycles. The number of hydrogen-bond acceptors (Lipinski definition) is 6. The van der Waals surface area contributed by atoms with E-state index in [-0.39, 0.29) is 5.56 Å². The lowest BCUT2D eigenvalue weighted by Crippen LogP contribution is -2.13. The lowest BCUT2D eigenvalue weighted by atomic mass is 10.1. The van der Waals surface area contributed by atoms with E-state index < -0.39 is 0 Å². The highest BCUT2D eigenvalue weighted by Crippen LogP contribution is 2.34. The van der Waals surface area contributed by atoms with Crippen LogP contribution in [-0.2, 0) is 13.6 Å². The van der Waals surface area contributed by atoms with Crippen molar-refractivity contribution < 1.29 is 0 Å². The maximum atomic E-state index is 11.5. The third kappa shape index (κ3) is 2.61. The zero-order valence-electron chi connectivity index (χ0n) is 12.7. The summed E-state index contributed by atoms with van der Waals surface area (Å²) in [4.78, 5) is 15.7. The second kappa shape index (κ2) is 5.85. The first-order valence-corrected chi connectivity index (χ1v) is 8.40. The van der Waals surface area contributed by atoms with Crippen LogP contribution in [-0.4, -0.2) is 21.0 Å². The summed E-state index contributed by atoms with van der Waals surface area (Å²) in [7, 11) is 1.71. The molecule has 0 bridgehead atoms. The Kier molecular flexibility index (Phi) is 3.66. The Bertz CT molecular complexity index is 1020. The zero-order chi connectivity index (χ0) is 16.7. The number of hydrogen-bond donors (Lipinski definition) is 1. The van der Waals surface area contributed by atoms with Crippen LogP contribution in [0.3, 0.4) is 0 Å². The average Bonchev–Trinajstić information content (AvgIpc) is 3.22. The molecule has 2 aromatic heterocycles. The molecule has 3 heterocycles. The van der Waals surface area contributed by atoms with Crippen LogP contribution < -0.4 is 10.9 Å². The minimum absolute atomic E-state index is 0.0619. The molecule has 6 nitrogen and oxygen atoms in total. The molecule has 0 unspecified atom stereocenters. The summed E-state index contributed by atoms with van der Waals surface area (Å²) < 4.78 is 1.51. The number of nitrogens with one attached hydrogen (secondary N) is 1. The van der Waals surface area contributed by atoms with Gasteiger partial charge in [0.2, 0.25) is 10.7 Å². The van der Waals surface area contributed by atoms with E-state index in [2.05, 4.69) is 20.5 Å². The van der Waals surface area contributed by atoms with Crippen molar-refractivity contribution in [1.82, 2.24) is 14.8 Å². The van der Waals surface area contributed by atoms with E-state index in [9.17, 15) is 4.79 Å². The summed E-state index contributed by atoms with van der Waals surface area (Å²) in [6.07, 6.45) is 3.53. The number of aromatic nitrogens is 3. The highest BCUT2D eigenvalue weighted by Gasteiger charge is 2.15. The smallest absolute Gasteiger partial charge is 0.250 e. The molecule has 0 saturated carbocycles. The number of aliphatic imine (C=N–C) groups is 1. The third-order valence-corrected chi connectivity index (χ3v) is 5.05. The highest BCUT2D eigenvalue weighted by atomic mass is 35.5. The fraction of sp³-hybridized carbons (Fsp3) is 0.125. The van der Waals surface area contributed by atoms with Gasteiger partial charge in [-0.05, 0) is 17.7 Å². The fourth-order valence-corrected chi connectivity index (χ4v) is 3.49. The quantitative estimate of drug-likeness (QED) is 0.781. The van der Waals surface area contributed by atoms with Crippen LogP contribution in [0.1, 0.15) is 11.1 Å². The normalized spacial score (nSPS) is 12.4. The van der Waals surface area contributed by atoms with Crippen molar-refractivity contribution in [3.8, 4) is 10.6 Å². The molecule has 0 aliphatic carbocycles. The standard InChI is InChI=1S/C16H12ClN5OS/c1-22-8-10(3-5-13(22)23)15-20-21-16(24-15)19-12-4-2-9-6-18-7-11(9)14(12)17/h2-5,7-8H,6H2,1H3,(H,19,21). The van der Waals surface area contributed by atoms with Gasteiger partial charge in [0.05, 0.1) is 17.3 Å². The molecule has 8 heteroatoms. The molecule has 0 spiro atoms. The molecular weight excluding hydrogens is 346 g/mol. The van der Waals surface area contributed by atoms with E-state index in [0.29, 0.717) is 16.7 Å². The summed E-state index contributed by atoms with van der Waals surface area (Å²) in [5, 5.41) is 13.5. The Labute approximate surface area is 146 Å². The number of anilines is 2. The molecule has 1 aliphatic rings. The topological polar surface area (TPSA) is 72.2 Å². The van der Waals surface area contributed by atoms with E-state index in [1.165, 1.54) is 22.0 Å². The molecule has 1 N–H and O–H groups in total. The largest absolute Gasteiger partial charge is 0.329 e. The number of aryl methyl sites for hydroxylation is 1. The molecule has 3 aromatic rings. The van der Waals surface area contributed by atoms with Gasteiger partial charge in [0, 0.05) is 36.7 Å². The molecule has 24 heavy (non-hydrogen) atoms. The van der Waals surface area contributed by atoms with E-state index in [1.807, 2.05) is 12.1 Å². The van der Waals surface area contributed by atoms with Crippen LogP contribution in [0, 0.1) is 0 Å². The molecule has 0 saturated heterocycles. The van der Waals surface area contributed by atoms with Crippen molar-refractivity contribution in [2.45, 2.75) is 6.54 Å². The summed E-state index contributed by atoms with van der Waals surface area (Å²) in [5.41, 5.74) is 3.62. The van der Waals surface area contributed by atoms with Crippen molar-refractivity contribution in [2.75, 3.05) is 5.32 Å². The lowest BCUT2D eigenvalue weighted by Gasteiger charge is -2.08. The second-order valence-electron chi connectivity index (χ2n) is 5.37. The summed E-state index contributed by atoms with van der Waals surface area (Å²) in [6, 6.07) is 7.18. The average molecular weight is 358 g/mol. The van der Waals surface area contributed by atoms with Crippen LogP contribution in [0.15, 0.2) is 40.2 Å². The fourth-order valence-electron chi connectivity index (χ4n) is 2.47. The minimum atomic E-state index is -0.0619. The predicted octanol–water partition coefficient (Wildman–Crippen LogP) is 3.23. The summed E-state index contributed by atoms with van der Waals surface area (Å²) >= 11 is 7.83. The molecule has 4 rings (SSSR count). The Hall–Kier alpha value is -2.51. The molecule has 0 amide bonds. The molecule has 0 atom stereocenters. The van der Waals surface area contributed by atoms with Crippen LogP contribution in [0.5, 0.6) is 0 Å². The maximum absolute atomic E-state index is 11.5. The maximum Gasteiger partial charge on any atom is 0.250 e. The summed E-state index contributed by atoms with van der Waals surface area (Å²) in [5.74, 6) is 0. The lowest BCUT2D eigenvalue weighted by molar-refractivity contribution is 0.861. The number of rotatable bonds is 3. The minimum Gasteiger partial charge on any atom is -0.329 e. The predicted molar refractivity (Wildman–Crippen MR) is 96.6 cm³/mol. The Morgan fingerprint density at radius 1 is 1.25 bits per heavy atom. The van der Waals surface area contributed by atoms with Gasteiger partial charge in [-0.3, -0.25) is 9.79 Å². The second-order valence-corrected chi connectivity index (χ2v) is 6.73. The van der Waals surface area contributed by atoms with Gasteiger partial charge in [0.1, 0.15) is 0 Å². The van der Waals surface area contributed by atoms with Crippen LogP contribution in [0.2, 0.25) is 5.02 Å². The first kappa shape index (κ1) is 15.0. The van der Waals surface area contributed by atoms with E-state index >= 15 is 0 Å². The van der Waals surface area contributed by atoms with Crippen LogP contribution >= 0.6 is 22.9 Å². The van der Waals surface area contributed by atoms with E-state index in [0.717, 1.165) is 27.4 Å². The number of pyridine rings is 1. The zero-order valence-corrected chi connectivity index (χ0v) is 14.2. The van der Waals surface area contributed by atoms with Crippen molar-refractivity contribution in [3.63, 3.8) is 0 Å². The SMILES string of the molecule is Cn1cc(-c2nnc(Nc3ccc4c(c3Cl)C=NC4)s2)ccc1=O. The first-order chi connectivity index (χ1) is 11.6. The van der Waals surface area contributed by atoms with Crippen molar-refractivity contribution in [3.05, 3.63) is 57.0 Å². The van der Waals surface area contributed by atoms with Gasteiger partial charge in [0.15, 0.2) is 5.01 Å². The van der Waals surface area contributed by atoms with Crippen LogP contribution in [0.25, 0.3) is 10.6 Å². The number of fused-ring (bicyclic) bond motifs is 1. The van der Waals surface area contributed by atoms with Gasteiger partial charge in [-0.25, -0.2) is 0 Å². The van der Waals surface area contributed by atoms with Gasteiger partial charge in [0.25, 0.3) is 0 Å². The van der Waals surface area contributed by atoms with Gasteiger partial charge < -0.3 is 9.88 Å².